The third-order valence-corrected chi connectivity index (χ3v) is 5.30. The van der Waals surface area contributed by atoms with Crippen LogP contribution in [0.25, 0.3) is 22.0 Å². The van der Waals surface area contributed by atoms with E-state index in [0.717, 1.165) is 16.3 Å². The number of rotatable bonds is 7. The molecule has 0 N–H and O–H groups in total. The predicted octanol–water partition coefficient (Wildman–Crippen LogP) is 4.04. The monoisotopic (exact) mass is 423 g/mol. The quantitative estimate of drug-likeness (QED) is 0.326. The average Bonchev–Trinajstić information content (AvgIpc) is 3.43. The van der Waals surface area contributed by atoms with Crippen molar-refractivity contribution in [3.8, 4) is 33.5 Å². The maximum atomic E-state index is 11.0. The van der Waals surface area contributed by atoms with Gasteiger partial charge in [0.15, 0.2) is 17.3 Å². The number of hydrogen-bond donors (Lipinski definition) is 0. The molecule has 4 aromatic rings. The van der Waals surface area contributed by atoms with Crippen LogP contribution in [-0.2, 0) is 6.54 Å². The number of thiazole rings is 1. The summed E-state index contributed by atoms with van der Waals surface area (Å²) in [7, 11) is 3.19. The lowest BCUT2D eigenvalue weighted by Crippen LogP contribution is -2.01. The van der Waals surface area contributed by atoms with E-state index in [2.05, 4.69) is 15.1 Å². The number of nitrogens with zero attached hydrogens (tertiary/aromatic N) is 5. The number of non-ortho nitro benzene ring substituents is 1. The molecule has 2 heterocycles. The number of methoxy groups -OCH3 is 2. The molecule has 0 radical (unpaired) electrons. The van der Waals surface area contributed by atoms with Crippen molar-refractivity contribution in [3.63, 3.8) is 0 Å². The van der Waals surface area contributed by atoms with E-state index in [9.17, 15) is 10.1 Å². The van der Waals surface area contributed by atoms with Gasteiger partial charge in [0, 0.05) is 28.6 Å². The third-order valence-electron chi connectivity index (χ3n) is 4.36. The Morgan fingerprint density at radius 3 is 2.70 bits per heavy atom. The van der Waals surface area contributed by atoms with Crippen LogP contribution in [0.2, 0.25) is 0 Å². The fraction of sp³-hybridized carbons (Fsp3) is 0.150. The van der Waals surface area contributed by atoms with Gasteiger partial charge in [0.1, 0.15) is 11.3 Å². The summed E-state index contributed by atoms with van der Waals surface area (Å²) < 4.78 is 12.3. The fourth-order valence-corrected chi connectivity index (χ4v) is 3.72. The maximum absolute atomic E-state index is 11.0. The summed E-state index contributed by atoms with van der Waals surface area (Å²) in [6.07, 6.45) is 1.59. The van der Waals surface area contributed by atoms with E-state index in [4.69, 9.17) is 9.47 Å². The molecular formula is C20H17N5O4S. The first-order chi connectivity index (χ1) is 14.6. The molecule has 30 heavy (non-hydrogen) atoms. The highest BCUT2D eigenvalue weighted by molar-refractivity contribution is 7.13. The van der Waals surface area contributed by atoms with Crippen LogP contribution >= 0.6 is 11.3 Å². The fourth-order valence-electron chi connectivity index (χ4n) is 2.91. The molecule has 9 nitrogen and oxygen atoms in total. The number of nitro benzene ring substituents is 1. The van der Waals surface area contributed by atoms with Crippen molar-refractivity contribution in [2.45, 2.75) is 6.54 Å². The summed E-state index contributed by atoms with van der Waals surface area (Å²) in [5.74, 6) is 1.73. The molecular weight excluding hydrogens is 406 g/mol. The van der Waals surface area contributed by atoms with Gasteiger partial charge in [0.05, 0.1) is 31.4 Å². The summed E-state index contributed by atoms with van der Waals surface area (Å²) in [6.45, 7) is 0.436. The van der Waals surface area contributed by atoms with Gasteiger partial charge < -0.3 is 9.47 Å². The Balaban J connectivity index is 1.52. The summed E-state index contributed by atoms with van der Waals surface area (Å²) in [4.78, 5) is 19.5. The van der Waals surface area contributed by atoms with E-state index in [-0.39, 0.29) is 5.69 Å². The first-order valence-electron chi connectivity index (χ1n) is 8.88. The van der Waals surface area contributed by atoms with Crippen molar-refractivity contribution < 1.29 is 14.4 Å². The first-order valence-corrected chi connectivity index (χ1v) is 9.76. The van der Waals surface area contributed by atoms with Crippen LogP contribution in [-0.4, -0.2) is 38.9 Å². The number of ether oxygens (including phenoxy) is 2. The van der Waals surface area contributed by atoms with E-state index in [1.54, 1.807) is 37.4 Å². The van der Waals surface area contributed by atoms with Crippen molar-refractivity contribution in [1.29, 1.82) is 0 Å². The van der Waals surface area contributed by atoms with Gasteiger partial charge in [0.2, 0.25) is 0 Å². The van der Waals surface area contributed by atoms with E-state index in [1.165, 1.54) is 23.5 Å². The number of hydrogen-bond acceptors (Lipinski definition) is 8. The topological polar surface area (TPSA) is 105 Å². The molecule has 0 saturated carbocycles. The Bertz CT molecular complexity index is 1200. The summed E-state index contributed by atoms with van der Waals surface area (Å²) in [6, 6.07) is 11.9. The molecule has 2 aromatic carbocycles. The van der Waals surface area contributed by atoms with Gasteiger partial charge in [-0.1, -0.05) is 12.1 Å². The summed E-state index contributed by atoms with van der Waals surface area (Å²) in [5, 5.41) is 18.2. The lowest BCUT2D eigenvalue weighted by molar-refractivity contribution is -0.384. The Hall–Kier alpha value is -3.79. The van der Waals surface area contributed by atoms with E-state index < -0.39 is 4.92 Å². The van der Waals surface area contributed by atoms with Gasteiger partial charge in [-0.05, 0) is 18.2 Å². The van der Waals surface area contributed by atoms with Crippen molar-refractivity contribution in [2.75, 3.05) is 14.2 Å². The molecule has 0 aliphatic rings. The van der Waals surface area contributed by atoms with Crippen molar-refractivity contribution in [3.05, 3.63) is 70.0 Å². The molecule has 152 valence electrons. The molecule has 0 fully saturated rings. The normalized spacial score (nSPS) is 10.7. The Kier molecular flexibility index (Phi) is 5.40. The molecule has 0 spiro atoms. The lowest BCUT2D eigenvalue weighted by atomic mass is 10.2. The van der Waals surface area contributed by atoms with Gasteiger partial charge in [-0.15, -0.1) is 11.3 Å². The second kappa shape index (κ2) is 8.29. The second-order valence-corrected chi connectivity index (χ2v) is 7.15. The first kappa shape index (κ1) is 19.5. The molecule has 4 rings (SSSR count). The van der Waals surface area contributed by atoms with Gasteiger partial charge in [-0.25, -0.2) is 14.6 Å². The van der Waals surface area contributed by atoms with Crippen molar-refractivity contribution in [1.82, 2.24) is 19.7 Å². The molecule has 0 aliphatic carbocycles. The highest BCUT2D eigenvalue weighted by Gasteiger charge is 2.13. The van der Waals surface area contributed by atoms with Gasteiger partial charge >= 0.3 is 0 Å². The van der Waals surface area contributed by atoms with Crippen LogP contribution in [0.5, 0.6) is 11.5 Å². The third kappa shape index (κ3) is 3.98. The van der Waals surface area contributed by atoms with E-state index in [0.29, 0.717) is 29.4 Å². The highest BCUT2D eigenvalue weighted by Crippen LogP contribution is 2.33. The highest BCUT2D eigenvalue weighted by atomic mass is 32.1. The Morgan fingerprint density at radius 2 is 1.93 bits per heavy atom. The molecule has 0 bridgehead atoms. The molecule has 10 heteroatoms. The SMILES string of the molecule is COc1ccc(-c2nc(Cn3cnc(-c4cccc([N+](=O)[O-])c4)n3)cs2)cc1OC. The number of benzene rings is 2. The van der Waals surface area contributed by atoms with Gasteiger partial charge in [-0.3, -0.25) is 10.1 Å². The van der Waals surface area contributed by atoms with Gasteiger partial charge in [0.25, 0.3) is 5.69 Å². The zero-order valence-electron chi connectivity index (χ0n) is 16.2. The summed E-state index contributed by atoms with van der Waals surface area (Å²) >= 11 is 1.52. The van der Waals surface area contributed by atoms with E-state index >= 15 is 0 Å². The zero-order valence-corrected chi connectivity index (χ0v) is 17.0. The Morgan fingerprint density at radius 1 is 1.10 bits per heavy atom. The van der Waals surface area contributed by atoms with Crippen molar-refractivity contribution in [2.24, 2.45) is 0 Å². The summed E-state index contributed by atoms with van der Waals surface area (Å²) in [5.41, 5.74) is 2.36. The molecule has 0 unspecified atom stereocenters. The van der Waals surface area contributed by atoms with Crippen LogP contribution in [0.15, 0.2) is 54.2 Å². The number of nitro groups is 1. The largest absolute Gasteiger partial charge is 0.493 e. The van der Waals surface area contributed by atoms with Crippen LogP contribution in [0, 0.1) is 10.1 Å². The average molecular weight is 423 g/mol. The molecule has 0 aliphatic heterocycles. The second-order valence-electron chi connectivity index (χ2n) is 6.29. The Labute approximate surface area is 175 Å². The number of aromatic nitrogens is 4. The molecule has 0 saturated heterocycles. The molecule has 0 amide bonds. The minimum atomic E-state index is -0.439. The molecule has 2 aromatic heterocycles. The van der Waals surface area contributed by atoms with Crippen LogP contribution in [0.1, 0.15) is 5.69 Å². The molecule has 0 atom stereocenters. The van der Waals surface area contributed by atoms with Gasteiger partial charge in [-0.2, -0.15) is 5.10 Å². The minimum absolute atomic E-state index is 0.00270. The maximum Gasteiger partial charge on any atom is 0.270 e. The van der Waals surface area contributed by atoms with Crippen LogP contribution < -0.4 is 9.47 Å². The van der Waals surface area contributed by atoms with Crippen LogP contribution in [0.4, 0.5) is 5.69 Å². The smallest absolute Gasteiger partial charge is 0.270 e. The minimum Gasteiger partial charge on any atom is -0.493 e. The predicted molar refractivity (Wildman–Crippen MR) is 112 cm³/mol. The van der Waals surface area contributed by atoms with E-state index in [1.807, 2.05) is 23.6 Å². The standard InChI is InChI=1S/C20H17N5O4S/c1-28-17-7-6-14(9-18(17)29-2)20-22-15(11-30-20)10-24-12-21-19(23-24)13-4-3-5-16(8-13)25(26)27/h3-9,11-12H,10H2,1-2H3. The van der Waals surface area contributed by atoms with Crippen molar-refractivity contribution >= 4 is 17.0 Å². The zero-order chi connectivity index (χ0) is 21.1. The van der Waals surface area contributed by atoms with Crippen LogP contribution in [0.3, 0.4) is 0 Å². The lowest BCUT2D eigenvalue weighted by Gasteiger charge is -2.08.